The van der Waals surface area contributed by atoms with E-state index in [2.05, 4.69) is 9.36 Å². The van der Waals surface area contributed by atoms with Gasteiger partial charge in [0, 0.05) is 18.7 Å². The summed E-state index contributed by atoms with van der Waals surface area (Å²) in [6.45, 7) is 2.55. The Bertz CT molecular complexity index is 803. The number of carbonyl (C=O) groups is 1. The van der Waals surface area contributed by atoms with E-state index in [1.807, 2.05) is 0 Å². The maximum absolute atomic E-state index is 13.0. The fourth-order valence-electron chi connectivity index (χ4n) is 2.40. The quantitative estimate of drug-likeness (QED) is 0.639. The summed E-state index contributed by atoms with van der Waals surface area (Å²) in [5.74, 6) is 0.216. The molecule has 0 spiro atoms. The third-order valence-corrected chi connectivity index (χ3v) is 4.45. The lowest BCUT2D eigenvalue weighted by Gasteiger charge is -2.35. The van der Waals surface area contributed by atoms with Gasteiger partial charge < -0.3 is 9.80 Å². The number of piperazine rings is 1. The van der Waals surface area contributed by atoms with Crippen LogP contribution in [0.25, 0.3) is 0 Å². The predicted molar refractivity (Wildman–Crippen MR) is 88.2 cm³/mol. The second kappa shape index (κ2) is 6.44. The third kappa shape index (κ3) is 3.16. The number of rotatable bonds is 2. The average Bonchev–Trinajstić information content (AvgIpc) is 3.01. The minimum absolute atomic E-state index is 0.0936. The molecule has 0 atom stereocenters. The van der Waals surface area contributed by atoms with Crippen LogP contribution in [0.1, 0.15) is 21.2 Å². The van der Waals surface area contributed by atoms with Crippen LogP contribution in [0, 0.1) is 23.6 Å². The Kier molecular flexibility index (Phi) is 4.34. The van der Waals surface area contributed by atoms with Gasteiger partial charge in [0.2, 0.25) is 0 Å². The van der Waals surface area contributed by atoms with Crippen molar-refractivity contribution >= 4 is 29.1 Å². The fraction of sp³-hybridized carbons (Fsp3) is 0.267. The van der Waals surface area contributed by atoms with E-state index in [9.17, 15) is 9.18 Å². The largest absolute Gasteiger partial charge is 0.329 e. The monoisotopic (exact) mass is 346 g/mol. The first-order valence-electron chi connectivity index (χ1n) is 7.25. The van der Waals surface area contributed by atoms with Crippen molar-refractivity contribution in [2.75, 3.05) is 19.6 Å². The van der Waals surface area contributed by atoms with Crippen molar-refractivity contribution in [3.8, 4) is 0 Å². The lowest BCUT2D eigenvalue weighted by Crippen LogP contribution is -2.53. The number of amides is 1. The van der Waals surface area contributed by atoms with E-state index in [0.717, 1.165) is 11.5 Å². The number of hydrogen-bond acceptors (Lipinski definition) is 6. The molecule has 2 heterocycles. The molecule has 1 amide bonds. The number of amidine groups is 2. The van der Waals surface area contributed by atoms with Crippen molar-refractivity contribution in [3.63, 3.8) is 0 Å². The summed E-state index contributed by atoms with van der Waals surface area (Å²) in [5.41, 5.74) is 0.382. The lowest BCUT2D eigenvalue weighted by atomic mass is 10.1. The van der Waals surface area contributed by atoms with Crippen molar-refractivity contribution in [2.24, 2.45) is 0 Å². The molecule has 24 heavy (non-hydrogen) atoms. The first-order chi connectivity index (χ1) is 11.5. The molecular formula is C15H15FN6OS. The number of nitrogens with zero attached hydrogens (tertiary/aromatic N) is 4. The van der Waals surface area contributed by atoms with E-state index in [1.54, 1.807) is 6.92 Å². The molecule has 124 valence electrons. The van der Waals surface area contributed by atoms with E-state index in [-0.39, 0.29) is 24.1 Å². The topological polar surface area (TPSA) is 97.0 Å². The smallest absolute Gasteiger partial charge is 0.254 e. The van der Waals surface area contributed by atoms with Crippen LogP contribution in [0.5, 0.6) is 0 Å². The zero-order chi connectivity index (χ0) is 17.3. The van der Waals surface area contributed by atoms with E-state index in [0.29, 0.717) is 29.5 Å². The average molecular weight is 346 g/mol. The minimum Gasteiger partial charge on any atom is -0.329 e. The van der Waals surface area contributed by atoms with Gasteiger partial charge in [0.15, 0.2) is 10.8 Å². The van der Waals surface area contributed by atoms with Crippen LogP contribution >= 0.6 is 11.5 Å². The Labute approximate surface area is 141 Å². The third-order valence-electron chi connectivity index (χ3n) is 3.64. The van der Waals surface area contributed by atoms with Gasteiger partial charge in [0.25, 0.3) is 5.91 Å². The SMILES string of the molecule is Cc1nsc(C(=N)N2CCN(C(=O)c3ccc(F)cc3)CC2=N)n1. The molecule has 2 N–H and O–H groups in total. The Morgan fingerprint density at radius 1 is 1.29 bits per heavy atom. The molecule has 0 saturated carbocycles. The van der Waals surface area contributed by atoms with Gasteiger partial charge in [-0.3, -0.25) is 15.6 Å². The van der Waals surface area contributed by atoms with Crippen LogP contribution in [0.15, 0.2) is 24.3 Å². The minimum atomic E-state index is -0.398. The van der Waals surface area contributed by atoms with E-state index in [4.69, 9.17) is 10.8 Å². The molecule has 3 rings (SSSR count). The van der Waals surface area contributed by atoms with Crippen molar-refractivity contribution in [2.45, 2.75) is 6.92 Å². The molecule has 9 heteroatoms. The Balaban J connectivity index is 1.69. The van der Waals surface area contributed by atoms with Gasteiger partial charge in [-0.1, -0.05) is 0 Å². The van der Waals surface area contributed by atoms with Gasteiger partial charge in [-0.05, 0) is 42.7 Å². The molecule has 1 saturated heterocycles. The highest BCUT2D eigenvalue weighted by molar-refractivity contribution is 7.07. The van der Waals surface area contributed by atoms with Crippen LogP contribution in [-0.2, 0) is 0 Å². The van der Waals surface area contributed by atoms with Gasteiger partial charge in [-0.25, -0.2) is 9.37 Å². The van der Waals surface area contributed by atoms with Gasteiger partial charge in [-0.2, -0.15) is 4.37 Å². The molecule has 0 unspecified atom stereocenters. The van der Waals surface area contributed by atoms with E-state index >= 15 is 0 Å². The molecule has 0 bridgehead atoms. The van der Waals surface area contributed by atoms with Crippen molar-refractivity contribution in [1.82, 2.24) is 19.2 Å². The summed E-state index contributed by atoms with van der Waals surface area (Å²) in [6.07, 6.45) is 0. The van der Waals surface area contributed by atoms with Gasteiger partial charge in [0.05, 0.1) is 6.54 Å². The van der Waals surface area contributed by atoms with E-state index < -0.39 is 5.82 Å². The van der Waals surface area contributed by atoms with Crippen LogP contribution in [0.2, 0.25) is 0 Å². The van der Waals surface area contributed by atoms with Crippen molar-refractivity contribution in [1.29, 1.82) is 10.8 Å². The standard InChI is InChI=1S/C15H15FN6OS/c1-9-19-14(24-20-9)13(18)22-7-6-21(8-12(22)17)15(23)10-2-4-11(16)5-3-10/h2-5,17-18H,6-8H2,1H3. The van der Waals surface area contributed by atoms with Gasteiger partial charge in [-0.15, -0.1) is 0 Å². The molecule has 1 fully saturated rings. The molecule has 1 aromatic heterocycles. The number of benzene rings is 1. The Morgan fingerprint density at radius 3 is 2.58 bits per heavy atom. The van der Waals surface area contributed by atoms with Crippen LogP contribution in [0.4, 0.5) is 4.39 Å². The molecular weight excluding hydrogens is 331 g/mol. The highest BCUT2D eigenvalue weighted by atomic mass is 32.1. The predicted octanol–water partition coefficient (Wildman–Crippen LogP) is 1.75. The van der Waals surface area contributed by atoms with Gasteiger partial charge in [0.1, 0.15) is 17.5 Å². The van der Waals surface area contributed by atoms with Crippen molar-refractivity contribution < 1.29 is 9.18 Å². The molecule has 1 aromatic carbocycles. The molecule has 0 aliphatic carbocycles. The summed E-state index contributed by atoms with van der Waals surface area (Å²) in [7, 11) is 0. The number of aromatic nitrogens is 2. The zero-order valence-corrected chi connectivity index (χ0v) is 13.7. The second-order valence-electron chi connectivity index (χ2n) is 5.33. The maximum atomic E-state index is 13.0. The second-order valence-corrected chi connectivity index (χ2v) is 6.08. The maximum Gasteiger partial charge on any atom is 0.254 e. The number of carbonyl (C=O) groups excluding carboxylic acids is 1. The number of nitrogens with one attached hydrogen (secondary N) is 2. The highest BCUT2D eigenvalue weighted by Gasteiger charge is 2.29. The fourth-order valence-corrected chi connectivity index (χ4v) is 3.03. The first-order valence-corrected chi connectivity index (χ1v) is 8.02. The summed E-state index contributed by atoms with van der Waals surface area (Å²) < 4.78 is 17.0. The van der Waals surface area contributed by atoms with Crippen LogP contribution in [0.3, 0.4) is 0 Å². The number of halogens is 1. The zero-order valence-electron chi connectivity index (χ0n) is 12.9. The molecule has 7 nitrogen and oxygen atoms in total. The lowest BCUT2D eigenvalue weighted by molar-refractivity contribution is 0.0757. The normalized spacial score (nSPS) is 14.8. The summed E-state index contributed by atoms with van der Waals surface area (Å²) >= 11 is 1.12. The van der Waals surface area contributed by atoms with Crippen LogP contribution < -0.4 is 0 Å². The van der Waals surface area contributed by atoms with Crippen LogP contribution in [-0.4, -0.2) is 56.4 Å². The number of hydrogen-bond donors (Lipinski definition) is 2. The first kappa shape index (κ1) is 16.2. The molecule has 2 aromatic rings. The summed E-state index contributed by atoms with van der Waals surface area (Å²) in [5, 5.41) is 16.8. The summed E-state index contributed by atoms with van der Waals surface area (Å²) in [4.78, 5) is 19.6. The molecule has 0 radical (unpaired) electrons. The molecule has 1 aliphatic rings. The van der Waals surface area contributed by atoms with Gasteiger partial charge >= 0.3 is 0 Å². The van der Waals surface area contributed by atoms with E-state index in [1.165, 1.54) is 34.1 Å². The number of aryl methyl sites for hydroxylation is 1. The summed E-state index contributed by atoms with van der Waals surface area (Å²) in [6, 6.07) is 5.34. The highest BCUT2D eigenvalue weighted by Crippen LogP contribution is 2.14. The Morgan fingerprint density at radius 2 is 2.00 bits per heavy atom. The van der Waals surface area contributed by atoms with Crippen molar-refractivity contribution in [3.05, 3.63) is 46.5 Å². The molecule has 1 aliphatic heterocycles. The Hall–Kier alpha value is -2.68.